The summed E-state index contributed by atoms with van der Waals surface area (Å²) in [6.45, 7) is 3.23. The van der Waals surface area contributed by atoms with E-state index in [9.17, 15) is 9.18 Å². The molecule has 2 aliphatic rings. The first kappa shape index (κ1) is 20.2. The van der Waals surface area contributed by atoms with Crippen LogP contribution in [0.25, 0.3) is 11.3 Å². The van der Waals surface area contributed by atoms with Crippen molar-refractivity contribution in [3.63, 3.8) is 0 Å². The molecule has 32 heavy (non-hydrogen) atoms. The zero-order valence-corrected chi connectivity index (χ0v) is 18.0. The van der Waals surface area contributed by atoms with Crippen molar-refractivity contribution in [2.45, 2.75) is 19.8 Å². The standard InChI is InChI=1S/C21H23FN8O2/c1-12-5-4-6-32-20-14(9-23-29(20)3)15-7-13(8-17(22)24-15)19(31)26-21-25-16-11-28(2)27-18(16)30(21)10-12/h7-9,11-12H,4-6,10H2,1-3H3,(H,25,26,31)/t12-/m1/s1. The fourth-order valence-electron chi connectivity index (χ4n) is 4.01. The maximum atomic E-state index is 14.4. The van der Waals surface area contributed by atoms with Crippen LogP contribution in [-0.4, -0.2) is 49.6 Å². The van der Waals surface area contributed by atoms with Crippen molar-refractivity contribution in [2.75, 3.05) is 23.4 Å². The van der Waals surface area contributed by atoms with E-state index in [0.29, 0.717) is 36.4 Å². The topological polar surface area (TPSA) is 102 Å². The third-order valence-electron chi connectivity index (χ3n) is 5.55. The van der Waals surface area contributed by atoms with Gasteiger partial charge in [0.05, 0.1) is 30.3 Å². The number of carbonyl (C=O) groups is 1. The van der Waals surface area contributed by atoms with Gasteiger partial charge in [-0.15, -0.1) is 0 Å². The molecule has 0 fully saturated rings. The normalized spacial score (nSPS) is 20.1. The molecule has 0 aromatic carbocycles. The molecular weight excluding hydrogens is 415 g/mol. The molecule has 166 valence electrons. The minimum Gasteiger partial charge on any atom is -0.477 e. The summed E-state index contributed by atoms with van der Waals surface area (Å²) in [5.74, 6) is 0.503. The van der Waals surface area contributed by atoms with Crippen molar-refractivity contribution in [3.8, 4) is 17.1 Å². The maximum Gasteiger partial charge on any atom is 0.280 e. The van der Waals surface area contributed by atoms with Crippen LogP contribution >= 0.6 is 0 Å². The molecule has 0 spiro atoms. The predicted molar refractivity (Wildman–Crippen MR) is 116 cm³/mol. The summed E-state index contributed by atoms with van der Waals surface area (Å²) < 4.78 is 23.6. The smallest absolute Gasteiger partial charge is 0.280 e. The molecule has 5 heterocycles. The molecule has 3 aromatic rings. The van der Waals surface area contributed by atoms with E-state index in [1.807, 2.05) is 18.1 Å². The average Bonchev–Trinajstić information content (AvgIpc) is 3.38. The molecule has 10 nitrogen and oxygen atoms in total. The Balaban J connectivity index is 1.59. The largest absolute Gasteiger partial charge is 0.477 e. The Hall–Kier alpha value is -3.76. The highest BCUT2D eigenvalue weighted by Gasteiger charge is 2.31. The van der Waals surface area contributed by atoms with Gasteiger partial charge in [-0.1, -0.05) is 6.92 Å². The summed E-state index contributed by atoms with van der Waals surface area (Å²) in [4.78, 5) is 23.1. The monoisotopic (exact) mass is 438 g/mol. The lowest BCUT2D eigenvalue weighted by Gasteiger charge is -2.22. The van der Waals surface area contributed by atoms with Crippen molar-refractivity contribution in [2.24, 2.45) is 25.0 Å². The van der Waals surface area contributed by atoms with Gasteiger partial charge in [0.1, 0.15) is 5.69 Å². The Morgan fingerprint density at radius 3 is 2.97 bits per heavy atom. The molecule has 11 heteroatoms. The number of carbonyl (C=O) groups excluding carboxylic acids is 1. The maximum absolute atomic E-state index is 14.4. The Labute approximate surface area is 183 Å². The number of ether oxygens (including phenoxy) is 1. The number of halogens is 1. The molecule has 1 N–H and O–H groups in total. The molecule has 0 saturated carbocycles. The first-order chi connectivity index (χ1) is 15.4. The van der Waals surface area contributed by atoms with Crippen LogP contribution in [0.1, 0.15) is 30.1 Å². The molecule has 1 atom stereocenters. The van der Waals surface area contributed by atoms with Crippen molar-refractivity contribution >= 4 is 23.4 Å². The third kappa shape index (κ3) is 3.59. The third-order valence-corrected chi connectivity index (χ3v) is 5.55. The molecule has 1 amide bonds. The number of aromatic nitrogens is 5. The summed E-state index contributed by atoms with van der Waals surface area (Å²) >= 11 is 0. The molecule has 3 aromatic heterocycles. The second-order valence-corrected chi connectivity index (χ2v) is 8.16. The number of hydrogen-bond donors (Lipinski definition) is 1. The number of aliphatic imine (C=N–C) groups is 1. The second kappa shape index (κ2) is 7.74. The van der Waals surface area contributed by atoms with Crippen LogP contribution in [0.3, 0.4) is 0 Å². The van der Waals surface area contributed by atoms with Crippen LogP contribution in [0.2, 0.25) is 0 Å². The number of amides is 1. The van der Waals surface area contributed by atoms with E-state index in [1.165, 1.54) is 6.07 Å². The van der Waals surface area contributed by atoms with Gasteiger partial charge in [-0.3, -0.25) is 14.4 Å². The summed E-state index contributed by atoms with van der Waals surface area (Å²) in [6.07, 6.45) is 5.10. The van der Waals surface area contributed by atoms with Crippen LogP contribution < -0.4 is 15.0 Å². The van der Waals surface area contributed by atoms with Crippen molar-refractivity contribution in [1.82, 2.24) is 24.5 Å². The lowest BCUT2D eigenvalue weighted by atomic mass is 10.1. The van der Waals surface area contributed by atoms with Gasteiger partial charge in [-0.25, -0.2) is 9.67 Å². The van der Waals surface area contributed by atoms with E-state index >= 15 is 0 Å². The lowest BCUT2D eigenvalue weighted by Crippen LogP contribution is -2.36. The van der Waals surface area contributed by atoms with E-state index in [4.69, 9.17) is 4.74 Å². The van der Waals surface area contributed by atoms with Gasteiger partial charge < -0.3 is 10.1 Å². The van der Waals surface area contributed by atoms with Gasteiger partial charge in [-0.05, 0) is 24.8 Å². The fourth-order valence-corrected chi connectivity index (χ4v) is 4.01. The zero-order chi connectivity index (χ0) is 22.4. The quantitative estimate of drug-likeness (QED) is 0.538. The molecule has 2 bridgehead atoms. The molecule has 2 aliphatic heterocycles. The van der Waals surface area contributed by atoms with E-state index in [-0.39, 0.29) is 17.2 Å². The second-order valence-electron chi connectivity index (χ2n) is 8.16. The number of rotatable bonds is 0. The van der Waals surface area contributed by atoms with Crippen LogP contribution in [0.4, 0.5) is 15.9 Å². The molecule has 0 aliphatic carbocycles. The van der Waals surface area contributed by atoms with Gasteiger partial charge in [0.15, 0.2) is 5.82 Å². The summed E-state index contributed by atoms with van der Waals surface area (Å²) in [5, 5.41) is 11.9. The highest BCUT2D eigenvalue weighted by molar-refractivity contribution is 6.18. The fraction of sp³-hybridized carbons (Fsp3) is 0.381. The van der Waals surface area contributed by atoms with Gasteiger partial charge in [-0.2, -0.15) is 19.6 Å². The SMILES string of the molecule is C[C@@H]1CCCOc2c(cnn2C)-c2cc(cc(F)n2)C(=O)/N=C2\Nc3cn(C)nc3N2C1. The Morgan fingerprint density at radius 2 is 2.12 bits per heavy atom. The molecular formula is C21H23FN8O2. The van der Waals surface area contributed by atoms with E-state index in [0.717, 1.165) is 24.6 Å². The number of guanidine groups is 1. The van der Waals surface area contributed by atoms with Gasteiger partial charge in [0.2, 0.25) is 17.8 Å². The van der Waals surface area contributed by atoms with Crippen molar-refractivity contribution in [1.29, 1.82) is 0 Å². The zero-order valence-electron chi connectivity index (χ0n) is 18.0. The van der Waals surface area contributed by atoms with Gasteiger partial charge in [0.25, 0.3) is 5.91 Å². The predicted octanol–water partition coefficient (Wildman–Crippen LogP) is 2.59. The minimum absolute atomic E-state index is 0.0876. The van der Waals surface area contributed by atoms with E-state index < -0.39 is 11.9 Å². The number of pyridine rings is 1. The number of fused-ring (bicyclic) bond motifs is 7. The van der Waals surface area contributed by atoms with Crippen LogP contribution in [0.5, 0.6) is 5.88 Å². The number of nitrogens with one attached hydrogen (secondary N) is 1. The van der Waals surface area contributed by atoms with Crippen LogP contribution in [0, 0.1) is 11.9 Å². The van der Waals surface area contributed by atoms with Gasteiger partial charge in [0, 0.05) is 32.3 Å². The Morgan fingerprint density at radius 1 is 1.28 bits per heavy atom. The molecule has 5 rings (SSSR count). The Kier molecular flexibility index (Phi) is 4.87. The first-order valence-electron chi connectivity index (χ1n) is 10.4. The van der Waals surface area contributed by atoms with E-state index in [2.05, 4.69) is 32.4 Å². The summed E-state index contributed by atoms with van der Waals surface area (Å²) in [7, 11) is 3.59. The highest BCUT2D eigenvalue weighted by atomic mass is 19.1. The Bertz CT molecular complexity index is 1230. The number of anilines is 2. The van der Waals surface area contributed by atoms with E-state index in [1.54, 1.807) is 22.6 Å². The summed E-state index contributed by atoms with van der Waals surface area (Å²) in [6, 6.07) is 2.59. The molecule has 0 saturated heterocycles. The number of aryl methyl sites for hydroxylation is 2. The highest BCUT2D eigenvalue weighted by Crippen LogP contribution is 2.33. The van der Waals surface area contributed by atoms with Gasteiger partial charge >= 0.3 is 0 Å². The van der Waals surface area contributed by atoms with Crippen molar-refractivity contribution in [3.05, 3.63) is 36.0 Å². The molecule has 0 radical (unpaired) electrons. The molecule has 0 unspecified atom stereocenters. The number of nitrogens with zero attached hydrogens (tertiary/aromatic N) is 7. The average molecular weight is 438 g/mol. The van der Waals surface area contributed by atoms with Crippen LogP contribution in [-0.2, 0) is 14.1 Å². The van der Waals surface area contributed by atoms with Crippen molar-refractivity contribution < 1.29 is 13.9 Å². The van der Waals surface area contributed by atoms with Crippen LogP contribution in [0.15, 0.2) is 29.5 Å². The summed E-state index contributed by atoms with van der Waals surface area (Å²) in [5.41, 5.74) is 1.65. The minimum atomic E-state index is -0.777. The number of hydrogen-bond acceptors (Lipinski definition) is 7. The lowest BCUT2D eigenvalue weighted by molar-refractivity contribution is 0.100. The first-order valence-corrected chi connectivity index (χ1v) is 10.4.